The van der Waals surface area contributed by atoms with Crippen LogP contribution in [0.4, 0.5) is 4.79 Å². The Morgan fingerprint density at radius 1 is 1.48 bits per heavy atom. The van der Waals surface area contributed by atoms with Crippen LogP contribution in [0.2, 0.25) is 5.02 Å². The molecule has 1 heterocycles. The first-order valence-corrected chi connectivity index (χ1v) is 9.23. The third-order valence-corrected chi connectivity index (χ3v) is 4.52. The molecule has 1 saturated heterocycles. The molecule has 0 aliphatic carbocycles. The zero-order valence-corrected chi connectivity index (χ0v) is 16.1. The van der Waals surface area contributed by atoms with Crippen molar-refractivity contribution in [2.75, 3.05) is 19.8 Å². The average molecular weight is 405 g/mol. The molecule has 0 aromatic heterocycles. The zero-order valence-electron chi connectivity index (χ0n) is 13.8. The van der Waals surface area contributed by atoms with Gasteiger partial charge in [-0.25, -0.2) is 4.79 Å². The lowest BCUT2D eigenvalue weighted by molar-refractivity contribution is 0.0119. The highest BCUT2D eigenvalue weighted by Crippen LogP contribution is 2.32. The van der Waals surface area contributed by atoms with Crippen LogP contribution in [0.15, 0.2) is 18.2 Å². The van der Waals surface area contributed by atoms with Crippen molar-refractivity contribution in [3.05, 3.63) is 34.3 Å². The van der Waals surface area contributed by atoms with E-state index < -0.39 is 5.60 Å². The van der Waals surface area contributed by atoms with Crippen molar-refractivity contribution < 1.29 is 14.3 Å². The van der Waals surface area contributed by atoms with Gasteiger partial charge in [0.1, 0.15) is 5.60 Å². The number of nitrogens with zero attached hydrogens (tertiary/aromatic N) is 1. The van der Waals surface area contributed by atoms with Crippen LogP contribution in [-0.2, 0) is 14.8 Å². The third-order valence-electron chi connectivity index (χ3n) is 3.55. The van der Waals surface area contributed by atoms with Gasteiger partial charge in [-0.3, -0.25) is 4.90 Å². The number of hydrogen-bond donors (Lipinski definition) is 0. The molecule has 1 amide bonds. The van der Waals surface area contributed by atoms with Gasteiger partial charge in [0.25, 0.3) is 0 Å². The molecule has 1 aliphatic heterocycles. The summed E-state index contributed by atoms with van der Waals surface area (Å²) in [7, 11) is 0. The highest BCUT2D eigenvalue weighted by atomic mass is 79.9. The van der Waals surface area contributed by atoms with E-state index in [2.05, 4.69) is 15.9 Å². The molecule has 0 N–H and O–H groups in total. The monoisotopic (exact) mass is 403 g/mol. The Hall–Kier alpha value is -0.780. The zero-order chi connectivity index (χ0) is 17.0. The maximum atomic E-state index is 12.6. The van der Waals surface area contributed by atoms with Crippen molar-refractivity contribution in [3.8, 4) is 0 Å². The minimum absolute atomic E-state index is 0.232. The van der Waals surface area contributed by atoms with Crippen LogP contribution in [0.25, 0.3) is 0 Å². The van der Waals surface area contributed by atoms with E-state index in [1.54, 1.807) is 4.90 Å². The molecule has 1 aromatic carbocycles. The molecule has 0 saturated carbocycles. The van der Waals surface area contributed by atoms with Crippen LogP contribution in [0.3, 0.4) is 0 Å². The van der Waals surface area contributed by atoms with Crippen molar-refractivity contribution >= 4 is 33.6 Å². The molecule has 0 spiro atoms. The summed E-state index contributed by atoms with van der Waals surface area (Å²) in [6.45, 7) is 7.25. The summed E-state index contributed by atoms with van der Waals surface area (Å²) in [4.78, 5) is 14.3. The molecule has 1 atom stereocenters. The Morgan fingerprint density at radius 3 is 2.83 bits per heavy atom. The number of rotatable bonds is 2. The van der Waals surface area contributed by atoms with Crippen LogP contribution < -0.4 is 0 Å². The number of ether oxygens (including phenoxy) is 2. The minimum atomic E-state index is -0.529. The number of carbonyl (C=O) groups is 1. The first-order chi connectivity index (χ1) is 10.8. The second-order valence-electron chi connectivity index (χ2n) is 6.61. The molecule has 1 unspecified atom stereocenters. The summed E-state index contributed by atoms with van der Waals surface area (Å²) in [6.07, 6.45) is 0.459. The number of amides is 1. The first-order valence-electron chi connectivity index (χ1n) is 7.73. The standard InChI is InChI=1S/C17H23BrClNO3/c1-17(2,3)23-16(21)20-7-4-8-22-11-15(20)13-6-5-12(10-18)9-14(13)19/h5-6,9,15H,4,7-8,10-11H2,1-3H3. The summed E-state index contributed by atoms with van der Waals surface area (Å²) < 4.78 is 11.2. The quantitative estimate of drug-likeness (QED) is 0.656. The third kappa shape index (κ3) is 5.10. The molecule has 1 fully saturated rings. The van der Waals surface area contributed by atoms with Crippen molar-refractivity contribution in [2.24, 2.45) is 0 Å². The largest absolute Gasteiger partial charge is 0.444 e. The van der Waals surface area contributed by atoms with E-state index in [4.69, 9.17) is 21.1 Å². The Morgan fingerprint density at radius 2 is 2.22 bits per heavy atom. The van der Waals surface area contributed by atoms with E-state index in [1.807, 2.05) is 39.0 Å². The number of benzene rings is 1. The fourth-order valence-corrected chi connectivity index (χ4v) is 3.18. The number of hydrogen-bond acceptors (Lipinski definition) is 3. The van der Waals surface area contributed by atoms with Crippen LogP contribution in [0.1, 0.15) is 44.4 Å². The van der Waals surface area contributed by atoms with Gasteiger partial charge < -0.3 is 9.47 Å². The molecule has 4 nitrogen and oxygen atoms in total. The molecular weight excluding hydrogens is 382 g/mol. The van der Waals surface area contributed by atoms with Gasteiger partial charge in [0.05, 0.1) is 12.6 Å². The molecule has 0 radical (unpaired) electrons. The SMILES string of the molecule is CC(C)(C)OC(=O)N1CCCOCC1c1ccc(CBr)cc1Cl. The summed E-state index contributed by atoms with van der Waals surface area (Å²) in [5, 5.41) is 1.38. The second kappa shape index (κ2) is 7.86. The Bertz CT molecular complexity index is 559. The number of halogens is 2. The van der Waals surface area contributed by atoms with Gasteiger partial charge in [-0.05, 0) is 44.4 Å². The van der Waals surface area contributed by atoms with Crippen LogP contribution >= 0.6 is 27.5 Å². The topological polar surface area (TPSA) is 38.8 Å². The van der Waals surface area contributed by atoms with Crippen molar-refractivity contribution in [3.63, 3.8) is 0 Å². The predicted molar refractivity (Wildman–Crippen MR) is 95.2 cm³/mol. The number of carbonyl (C=O) groups excluding carboxylic acids is 1. The van der Waals surface area contributed by atoms with Gasteiger partial charge in [0, 0.05) is 23.5 Å². The normalized spacial score (nSPS) is 19.3. The second-order valence-corrected chi connectivity index (χ2v) is 7.58. The van der Waals surface area contributed by atoms with E-state index in [0.717, 1.165) is 22.9 Å². The minimum Gasteiger partial charge on any atom is -0.444 e. The summed E-state index contributed by atoms with van der Waals surface area (Å²) in [5.74, 6) is 0. The Balaban J connectivity index is 2.29. The lowest BCUT2D eigenvalue weighted by Crippen LogP contribution is -2.40. The molecule has 2 rings (SSSR count). The predicted octanol–water partition coefficient (Wildman–Crippen LogP) is 4.93. The molecule has 0 bridgehead atoms. The lowest BCUT2D eigenvalue weighted by atomic mass is 10.0. The van der Waals surface area contributed by atoms with Crippen molar-refractivity contribution in [2.45, 2.75) is 44.2 Å². The van der Waals surface area contributed by atoms with Gasteiger partial charge in [0.2, 0.25) is 0 Å². The maximum absolute atomic E-state index is 12.6. The fraction of sp³-hybridized carbons (Fsp3) is 0.588. The maximum Gasteiger partial charge on any atom is 0.410 e. The van der Waals surface area contributed by atoms with Gasteiger partial charge >= 0.3 is 6.09 Å². The Labute approximate surface area is 151 Å². The molecule has 1 aliphatic rings. The van der Waals surface area contributed by atoms with Crippen LogP contribution in [0.5, 0.6) is 0 Å². The van der Waals surface area contributed by atoms with E-state index in [9.17, 15) is 4.79 Å². The lowest BCUT2D eigenvalue weighted by Gasteiger charge is -2.32. The molecule has 23 heavy (non-hydrogen) atoms. The summed E-state index contributed by atoms with van der Waals surface area (Å²) in [6, 6.07) is 5.66. The van der Waals surface area contributed by atoms with Gasteiger partial charge in [-0.15, -0.1) is 0 Å². The smallest absolute Gasteiger partial charge is 0.410 e. The summed E-state index contributed by atoms with van der Waals surface area (Å²) >= 11 is 9.87. The molecule has 128 valence electrons. The van der Waals surface area contributed by atoms with Crippen molar-refractivity contribution in [1.29, 1.82) is 0 Å². The summed E-state index contributed by atoms with van der Waals surface area (Å²) in [5.41, 5.74) is 1.46. The Kier molecular flexibility index (Phi) is 6.34. The molecule has 6 heteroatoms. The van der Waals surface area contributed by atoms with E-state index in [0.29, 0.717) is 24.8 Å². The van der Waals surface area contributed by atoms with E-state index in [1.165, 1.54) is 0 Å². The van der Waals surface area contributed by atoms with E-state index >= 15 is 0 Å². The van der Waals surface area contributed by atoms with Gasteiger partial charge in [-0.2, -0.15) is 0 Å². The number of alkyl halides is 1. The van der Waals surface area contributed by atoms with Gasteiger partial charge in [-0.1, -0.05) is 39.7 Å². The molecule has 1 aromatic rings. The van der Waals surface area contributed by atoms with E-state index in [-0.39, 0.29) is 12.1 Å². The van der Waals surface area contributed by atoms with Crippen LogP contribution in [-0.4, -0.2) is 36.4 Å². The van der Waals surface area contributed by atoms with Gasteiger partial charge in [0.15, 0.2) is 0 Å². The highest BCUT2D eigenvalue weighted by Gasteiger charge is 2.32. The van der Waals surface area contributed by atoms with Crippen LogP contribution in [0, 0.1) is 0 Å². The fourth-order valence-electron chi connectivity index (χ4n) is 2.50. The highest BCUT2D eigenvalue weighted by molar-refractivity contribution is 9.08. The average Bonchev–Trinajstić information content (AvgIpc) is 2.71. The first kappa shape index (κ1) is 18.6. The van der Waals surface area contributed by atoms with Crippen molar-refractivity contribution in [1.82, 2.24) is 4.90 Å². The molecular formula is C17H23BrClNO3.